The number of nitrogens with one attached hydrogen (secondary N) is 2. The van der Waals surface area contributed by atoms with Crippen LogP contribution in [-0.4, -0.2) is 58.9 Å². The van der Waals surface area contributed by atoms with Crippen molar-refractivity contribution in [3.63, 3.8) is 0 Å². The van der Waals surface area contributed by atoms with Gasteiger partial charge in [0.25, 0.3) is 0 Å². The van der Waals surface area contributed by atoms with E-state index in [9.17, 15) is 13.6 Å². The molecule has 0 spiro atoms. The number of hydrogen-bond acceptors (Lipinski definition) is 7. The van der Waals surface area contributed by atoms with Crippen LogP contribution in [0.3, 0.4) is 0 Å². The van der Waals surface area contributed by atoms with Crippen LogP contribution in [0.5, 0.6) is 5.75 Å². The van der Waals surface area contributed by atoms with Gasteiger partial charge in [-0.05, 0) is 48.9 Å². The van der Waals surface area contributed by atoms with E-state index < -0.39 is 6.61 Å². The number of aryl methyl sites for hydroxylation is 1. The number of rotatable bonds is 6. The third-order valence-electron chi connectivity index (χ3n) is 5.02. The van der Waals surface area contributed by atoms with Crippen LogP contribution >= 0.6 is 0 Å². The molecule has 2 aromatic heterocycles. The zero-order chi connectivity index (χ0) is 23.2. The first-order chi connectivity index (χ1) is 16.0. The number of aromatic nitrogens is 3. The highest BCUT2D eigenvalue weighted by atomic mass is 19.3. The zero-order valence-electron chi connectivity index (χ0n) is 17.9. The molecule has 1 fully saturated rings. The Labute approximate surface area is 189 Å². The van der Waals surface area contributed by atoms with Gasteiger partial charge in [0, 0.05) is 44.1 Å². The number of urea groups is 1. The Morgan fingerprint density at radius 1 is 1.03 bits per heavy atom. The van der Waals surface area contributed by atoms with E-state index in [2.05, 4.69) is 30.6 Å². The van der Waals surface area contributed by atoms with E-state index in [0.29, 0.717) is 43.5 Å². The van der Waals surface area contributed by atoms with E-state index >= 15 is 0 Å². The van der Waals surface area contributed by atoms with Crippen molar-refractivity contribution >= 4 is 29.2 Å². The van der Waals surface area contributed by atoms with Crippen molar-refractivity contribution in [2.24, 2.45) is 0 Å². The third kappa shape index (κ3) is 6.03. The number of nitrogens with zero attached hydrogens (tertiary/aromatic N) is 5. The van der Waals surface area contributed by atoms with Gasteiger partial charge >= 0.3 is 12.6 Å². The standard InChI is InChI=1S/C22H23F2N7O2/c1-15-7-8-25-19(13-15)27-18-5-6-20(29-28-18)30-9-11-31(12-10-30)22(32)26-16-3-2-4-17(14-16)33-21(23)24/h2-8,13-14,21H,9-12H2,1H3,(H,26,32)(H,25,27,28). The van der Waals surface area contributed by atoms with Crippen molar-refractivity contribution in [3.8, 4) is 5.75 Å². The predicted molar refractivity (Wildman–Crippen MR) is 120 cm³/mol. The number of alkyl halides is 2. The number of halogens is 2. The summed E-state index contributed by atoms with van der Waals surface area (Å²) in [7, 11) is 0. The fraction of sp³-hybridized carbons (Fsp3) is 0.273. The number of pyridine rings is 1. The van der Waals surface area contributed by atoms with E-state index in [1.54, 1.807) is 17.2 Å². The second kappa shape index (κ2) is 10.1. The maximum atomic E-state index is 12.6. The van der Waals surface area contributed by atoms with E-state index in [1.165, 1.54) is 18.2 Å². The molecule has 0 aliphatic carbocycles. The van der Waals surface area contributed by atoms with E-state index in [4.69, 9.17) is 0 Å². The minimum atomic E-state index is -2.92. The number of amides is 2. The molecule has 3 aromatic rings. The second-order valence-electron chi connectivity index (χ2n) is 7.43. The topological polar surface area (TPSA) is 95.5 Å². The second-order valence-corrected chi connectivity index (χ2v) is 7.43. The van der Waals surface area contributed by atoms with Gasteiger partial charge in [-0.15, -0.1) is 10.2 Å². The van der Waals surface area contributed by atoms with Crippen LogP contribution in [0, 0.1) is 6.92 Å². The van der Waals surface area contributed by atoms with Gasteiger partial charge in [-0.1, -0.05) is 6.07 Å². The van der Waals surface area contributed by atoms with Gasteiger partial charge in [0.05, 0.1) is 0 Å². The van der Waals surface area contributed by atoms with Crippen LogP contribution in [0.15, 0.2) is 54.7 Å². The molecule has 0 bridgehead atoms. The summed E-state index contributed by atoms with van der Waals surface area (Å²) in [5, 5.41) is 14.3. The van der Waals surface area contributed by atoms with Crippen molar-refractivity contribution in [1.82, 2.24) is 20.1 Å². The van der Waals surface area contributed by atoms with Gasteiger partial charge in [-0.25, -0.2) is 9.78 Å². The summed E-state index contributed by atoms with van der Waals surface area (Å²) < 4.78 is 29.1. The summed E-state index contributed by atoms with van der Waals surface area (Å²) in [4.78, 5) is 20.5. The quantitative estimate of drug-likeness (QED) is 0.582. The molecule has 0 unspecified atom stereocenters. The molecule has 172 valence electrons. The molecule has 11 heteroatoms. The summed E-state index contributed by atoms with van der Waals surface area (Å²) >= 11 is 0. The molecule has 0 saturated carbocycles. The van der Waals surface area contributed by atoms with Gasteiger partial charge in [0.1, 0.15) is 11.6 Å². The largest absolute Gasteiger partial charge is 0.435 e. The Bertz CT molecular complexity index is 1090. The Kier molecular flexibility index (Phi) is 6.77. The molecule has 2 N–H and O–H groups in total. The Morgan fingerprint density at radius 3 is 2.55 bits per heavy atom. The van der Waals surface area contributed by atoms with Gasteiger partial charge in [0.2, 0.25) is 0 Å². The van der Waals surface area contributed by atoms with E-state index in [1.807, 2.05) is 36.1 Å². The predicted octanol–water partition coefficient (Wildman–Crippen LogP) is 3.88. The molecule has 2 amide bonds. The van der Waals surface area contributed by atoms with E-state index in [-0.39, 0.29) is 11.8 Å². The minimum absolute atomic E-state index is 0.0117. The van der Waals surface area contributed by atoms with Crippen LogP contribution in [0.1, 0.15) is 5.56 Å². The zero-order valence-corrected chi connectivity index (χ0v) is 17.9. The lowest BCUT2D eigenvalue weighted by atomic mass is 10.3. The maximum absolute atomic E-state index is 12.6. The first kappa shape index (κ1) is 22.2. The van der Waals surface area contributed by atoms with Crippen molar-refractivity contribution in [1.29, 1.82) is 0 Å². The molecule has 1 saturated heterocycles. The molecule has 1 aliphatic heterocycles. The lowest BCUT2D eigenvalue weighted by Gasteiger charge is -2.35. The van der Waals surface area contributed by atoms with Crippen LogP contribution < -0.4 is 20.3 Å². The molecule has 0 atom stereocenters. The van der Waals surface area contributed by atoms with Crippen LogP contribution in [0.4, 0.5) is 36.7 Å². The fourth-order valence-electron chi connectivity index (χ4n) is 3.39. The molecule has 0 radical (unpaired) electrons. The van der Waals surface area contributed by atoms with Crippen LogP contribution in [0.25, 0.3) is 0 Å². The molecular weight excluding hydrogens is 432 g/mol. The first-order valence-electron chi connectivity index (χ1n) is 10.4. The molecule has 9 nitrogen and oxygen atoms in total. The molecular formula is C22H23F2N7O2. The molecule has 4 rings (SSSR count). The number of carbonyl (C=O) groups excluding carboxylic acids is 1. The third-order valence-corrected chi connectivity index (χ3v) is 5.02. The summed E-state index contributed by atoms with van der Waals surface area (Å²) in [6.07, 6.45) is 1.73. The average Bonchev–Trinajstić information content (AvgIpc) is 2.79. The highest BCUT2D eigenvalue weighted by Crippen LogP contribution is 2.21. The van der Waals surface area contributed by atoms with Crippen molar-refractivity contribution < 1.29 is 18.3 Å². The number of anilines is 4. The summed E-state index contributed by atoms with van der Waals surface area (Å²) in [5.41, 5.74) is 1.48. The lowest BCUT2D eigenvalue weighted by Crippen LogP contribution is -2.50. The van der Waals surface area contributed by atoms with Gasteiger partial charge in [-0.2, -0.15) is 8.78 Å². The van der Waals surface area contributed by atoms with Crippen LogP contribution in [-0.2, 0) is 0 Å². The smallest absolute Gasteiger partial charge is 0.387 e. The van der Waals surface area contributed by atoms with Crippen molar-refractivity contribution in [2.45, 2.75) is 13.5 Å². The Morgan fingerprint density at radius 2 is 1.85 bits per heavy atom. The molecule has 33 heavy (non-hydrogen) atoms. The monoisotopic (exact) mass is 455 g/mol. The van der Waals surface area contributed by atoms with E-state index in [0.717, 1.165) is 11.4 Å². The molecule has 1 aliphatic rings. The van der Waals surface area contributed by atoms with Crippen molar-refractivity contribution in [3.05, 3.63) is 60.3 Å². The Balaban J connectivity index is 1.29. The molecule has 1 aromatic carbocycles. The SMILES string of the molecule is Cc1ccnc(Nc2ccc(N3CCN(C(=O)Nc4cccc(OC(F)F)c4)CC3)nn2)c1. The minimum Gasteiger partial charge on any atom is -0.435 e. The number of hydrogen-bond donors (Lipinski definition) is 2. The van der Waals surface area contributed by atoms with Crippen molar-refractivity contribution in [2.75, 3.05) is 41.7 Å². The Hall–Kier alpha value is -4.02. The summed E-state index contributed by atoms with van der Waals surface area (Å²) in [5.74, 6) is 1.99. The normalized spacial score (nSPS) is 13.7. The number of ether oxygens (including phenoxy) is 1. The van der Waals surface area contributed by atoms with Gasteiger partial charge < -0.3 is 25.2 Å². The fourth-order valence-corrected chi connectivity index (χ4v) is 3.39. The number of benzene rings is 1. The molecule has 3 heterocycles. The highest BCUT2D eigenvalue weighted by Gasteiger charge is 2.22. The first-order valence-corrected chi connectivity index (χ1v) is 10.4. The van der Waals surface area contributed by atoms with Crippen LogP contribution in [0.2, 0.25) is 0 Å². The highest BCUT2D eigenvalue weighted by molar-refractivity contribution is 5.89. The maximum Gasteiger partial charge on any atom is 0.387 e. The average molecular weight is 455 g/mol. The van der Waals surface area contributed by atoms with Gasteiger partial charge in [0.15, 0.2) is 11.6 Å². The summed E-state index contributed by atoms with van der Waals surface area (Å²) in [6, 6.07) is 13.1. The number of carbonyl (C=O) groups is 1. The number of piperazine rings is 1. The lowest BCUT2D eigenvalue weighted by molar-refractivity contribution is -0.0498. The van der Waals surface area contributed by atoms with Gasteiger partial charge in [-0.3, -0.25) is 0 Å². The summed E-state index contributed by atoms with van der Waals surface area (Å²) in [6.45, 7) is 1.20.